The van der Waals surface area contributed by atoms with Crippen molar-refractivity contribution in [3.05, 3.63) is 46.4 Å². The van der Waals surface area contributed by atoms with Gasteiger partial charge in [0, 0.05) is 37.4 Å². The van der Waals surface area contributed by atoms with Crippen molar-refractivity contribution >= 4 is 38.3 Å². The first-order valence-corrected chi connectivity index (χ1v) is 13.5. The Bertz CT molecular complexity index is 1180. The molecule has 0 radical (unpaired) electrons. The summed E-state index contributed by atoms with van der Waals surface area (Å²) in [6.07, 6.45) is 3.58. The summed E-state index contributed by atoms with van der Waals surface area (Å²) < 4.78 is 29.6. The number of hydrogen-bond donors (Lipinski definition) is 1. The van der Waals surface area contributed by atoms with Gasteiger partial charge in [0.1, 0.15) is 5.82 Å². The first-order chi connectivity index (χ1) is 15.4. The summed E-state index contributed by atoms with van der Waals surface area (Å²) in [5, 5.41) is 5.05. The molecule has 1 aromatic carbocycles. The maximum atomic E-state index is 12.9. The lowest BCUT2D eigenvalue weighted by Crippen LogP contribution is -2.27. The second-order valence-electron chi connectivity index (χ2n) is 8.25. The van der Waals surface area contributed by atoms with Crippen LogP contribution in [0.3, 0.4) is 0 Å². The van der Waals surface area contributed by atoms with E-state index in [9.17, 15) is 13.2 Å². The van der Waals surface area contributed by atoms with Gasteiger partial charge in [-0.05, 0) is 55.8 Å². The summed E-state index contributed by atoms with van der Waals surface area (Å²) in [7, 11) is -3.49. The van der Waals surface area contributed by atoms with Crippen LogP contribution >= 0.6 is 11.3 Å². The Labute approximate surface area is 193 Å². The molecule has 172 valence electrons. The van der Waals surface area contributed by atoms with Crippen molar-refractivity contribution in [2.45, 2.75) is 63.4 Å². The normalized spacial score (nSPS) is 15.9. The molecule has 1 fully saturated rings. The van der Waals surface area contributed by atoms with Gasteiger partial charge in [-0.1, -0.05) is 13.0 Å². The third-order valence-electron chi connectivity index (χ3n) is 5.87. The number of nitrogens with zero attached hydrogens (tertiary/aromatic N) is 3. The van der Waals surface area contributed by atoms with E-state index in [-0.39, 0.29) is 11.9 Å². The molecule has 0 saturated carbocycles. The Balaban J connectivity index is 1.53. The topological polar surface area (TPSA) is 84.3 Å². The monoisotopic (exact) mass is 474 g/mol. The van der Waals surface area contributed by atoms with Gasteiger partial charge in [-0.25, -0.2) is 13.4 Å². The van der Waals surface area contributed by atoms with E-state index < -0.39 is 10.0 Å². The SMILES string of the molecule is CCCn1c(CCC(=O)NC(C)c2cccs2)nc2cc(S(=O)(=O)N3CCCC3)ccc21. The van der Waals surface area contributed by atoms with Crippen molar-refractivity contribution in [3.63, 3.8) is 0 Å². The minimum Gasteiger partial charge on any atom is -0.349 e. The Kier molecular flexibility index (Phi) is 6.97. The lowest BCUT2D eigenvalue weighted by molar-refractivity contribution is -0.121. The molecule has 1 saturated heterocycles. The molecule has 1 aliphatic heterocycles. The van der Waals surface area contributed by atoms with E-state index in [1.54, 1.807) is 27.8 Å². The molecule has 32 heavy (non-hydrogen) atoms. The fourth-order valence-corrected chi connectivity index (χ4v) is 6.48. The number of sulfonamides is 1. The Morgan fingerprint density at radius 1 is 1.25 bits per heavy atom. The van der Waals surface area contributed by atoms with Crippen LogP contribution < -0.4 is 5.32 Å². The minimum atomic E-state index is -3.49. The fourth-order valence-electron chi connectivity index (χ4n) is 4.21. The summed E-state index contributed by atoms with van der Waals surface area (Å²) in [5.41, 5.74) is 1.58. The van der Waals surface area contributed by atoms with E-state index in [1.807, 2.05) is 30.5 Å². The van der Waals surface area contributed by atoms with Crippen molar-refractivity contribution in [2.75, 3.05) is 13.1 Å². The van der Waals surface area contributed by atoms with Gasteiger partial charge in [0.05, 0.1) is 22.0 Å². The largest absolute Gasteiger partial charge is 0.349 e. The number of thiophene rings is 1. The van der Waals surface area contributed by atoms with E-state index in [4.69, 9.17) is 4.98 Å². The van der Waals surface area contributed by atoms with Crippen LogP contribution in [0.15, 0.2) is 40.6 Å². The molecule has 9 heteroatoms. The molecular weight excluding hydrogens is 444 g/mol. The van der Waals surface area contributed by atoms with Crippen LogP contribution in [0.5, 0.6) is 0 Å². The summed E-state index contributed by atoms with van der Waals surface area (Å²) in [6.45, 7) is 6.01. The molecule has 1 amide bonds. The molecule has 1 unspecified atom stereocenters. The number of hydrogen-bond acceptors (Lipinski definition) is 5. The van der Waals surface area contributed by atoms with E-state index in [0.29, 0.717) is 36.3 Å². The smallest absolute Gasteiger partial charge is 0.243 e. The molecule has 4 rings (SSSR count). The van der Waals surface area contributed by atoms with Crippen molar-refractivity contribution in [1.82, 2.24) is 19.2 Å². The third kappa shape index (κ3) is 4.74. The highest BCUT2D eigenvalue weighted by molar-refractivity contribution is 7.89. The summed E-state index contributed by atoms with van der Waals surface area (Å²) in [4.78, 5) is 18.7. The summed E-state index contributed by atoms with van der Waals surface area (Å²) in [5.74, 6) is 0.801. The van der Waals surface area contributed by atoms with Crippen LogP contribution in [-0.2, 0) is 27.8 Å². The molecule has 0 spiro atoms. The third-order valence-corrected chi connectivity index (χ3v) is 8.82. The number of aromatic nitrogens is 2. The number of benzene rings is 1. The minimum absolute atomic E-state index is 0.0155. The summed E-state index contributed by atoms with van der Waals surface area (Å²) in [6, 6.07) is 9.19. The van der Waals surface area contributed by atoms with Gasteiger partial charge in [-0.15, -0.1) is 11.3 Å². The molecule has 0 bridgehead atoms. The number of fused-ring (bicyclic) bond motifs is 1. The standard InChI is InChI=1S/C23H30N4O3S2/c1-3-12-27-20-9-8-18(32(29,30)26-13-4-5-14-26)16-19(20)25-22(27)10-11-23(28)24-17(2)21-7-6-15-31-21/h6-9,15-17H,3-5,10-14H2,1-2H3,(H,24,28). The maximum absolute atomic E-state index is 12.9. The number of carbonyl (C=O) groups excluding carboxylic acids is 1. The van der Waals surface area contributed by atoms with Gasteiger partial charge in [0.25, 0.3) is 0 Å². The van der Waals surface area contributed by atoms with Crippen LogP contribution in [0, 0.1) is 0 Å². The van der Waals surface area contributed by atoms with E-state index in [1.165, 1.54) is 0 Å². The number of nitrogens with one attached hydrogen (secondary N) is 1. The highest BCUT2D eigenvalue weighted by atomic mass is 32.2. The molecule has 1 atom stereocenters. The van der Waals surface area contributed by atoms with Crippen molar-refractivity contribution < 1.29 is 13.2 Å². The van der Waals surface area contributed by atoms with E-state index >= 15 is 0 Å². The number of carbonyl (C=O) groups is 1. The predicted octanol–water partition coefficient (Wildman–Crippen LogP) is 4.10. The molecular formula is C23H30N4O3S2. The van der Waals surface area contributed by atoms with Crippen LogP contribution in [0.1, 0.15) is 56.3 Å². The lowest BCUT2D eigenvalue weighted by Gasteiger charge is -2.15. The van der Waals surface area contributed by atoms with Crippen molar-refractivity contribution in [3.8, 4) is 0 Å². The van der Waals surface area contributed by atoms with Crippen LogP contribution in [0.2, 0.25) is 0 Å². The fraction of sp³-hybridized carbons (Fsp3) is 0.478. The Morgan fingerprint density at radius 3 is 2.72 bits per heavy atom. The molecule has 2 aromatic heterocycles. The molecule has 7 nitrogen and oxygen atoms in total. The van der Waals surface area contributed by atoms with Crippen LogP contribution in [0.4, 0.5) is 0 Å². The van der Waals surface area contributed by atoms with E-state index in [0.717, 1.165) is 42.0 Å². The van der Waals surface area contributed by atoms with Crippen molar-refractivity contribution in [2.24, 2.45) is 0 Å². The highest BCUT2D eigenvalue weighted by Gasteiger charge is 2.28. The zero-order chi connectivity index (χ0) is 22.7. The molecule has 0 aliphatic carbocycles. The van der Waals surface area contributed by atoms with Crippen LogP contribution in [-0.4, -0.2) is 41.3 Å². The summed E-state index contributed by atoms with van der Waals surface area (Å²) >= 11 is 1.63. The van der Waals surface area contributed by atoms with Gasteiger partial charge in [-0.2, -0.15) is 4.31 Å². The van der Waals surface area contributed by atoms with Gasteiger partial charge in [0.15, 0.2) is 0 Å². The second kappa shape index (κ2) is 9.72. The number of imidazole rings is 1. The Morgan fingerprint density at radius 2 is 2.03 bits per heavy atom. The average Bonchev–Trinajstić information content (AvgIpc) is 3.53. The number of amides is 1. The highest BCUT2D eigenvalue weighted by Crippen LogP contribution is 2.26. The van der Waals surface area contributed by atoms with Crippen LogP contribution in [0.25, 0.3) is 11.0 Å². The van der Waals surface area contributed by atoms with Gasteiger partial charge >= 0.3 is 0 Å². The number of rotatable bonds is 9. The lowest BCUT2D eigenvalue weighted by atomic mass is 10.2. The molecule has 3 aromatic rings. The molecule has 1 aliphatic rings. The van der Waals surface area contributed by atoms with Gasteiger partial charge in [-0.3, -0.25) is 4.79 Å². The second-order valence-corrected chi connectivity index (χ2v) is 11.2. The van der Waals surface area contributed by atoms with Gasteiger partial charge in [0.2, 0.25) is 15.9 Å². The zero-order valence-corrected chi connectivity index (χ0v) is 20.2. The predicted molar refractivity (Wildman–Crippen MR) is 127 cm³/mol. The Hall–Kier alpha value is -2.23. The quantitative estimate of drug-likeness (QED) is 0.506. The van der Waals surface area contributed by atoms with Crippen molar-refractivity contribution in [1.29, 1.82) is 0 Å². The molecule has 1 N–H and O–H groups in total. The maximum Gasteiger partial charge on any atom is 0.243 e. The number of aryl methyl sites for hydroxylation is 2. The van der Waals surface area contributed by atoms with Gasteiger partial charge < -0.3 is 9.88 Å². The molecule has 3 heterocycles. The zero-order valence-electron chi connectivity index (χ0n) is 18.6. The first kappa shape index (κ1) is 22.9. The average molecular weight is 475 g/mol. The van der Waals surface area contributed by atoms with E-state index in [2.05, 4.69) is 16.8 Å². The first-order valence-electron chi connectivity index (χ1n) is 11.2.